The van der Waals surface area contributed by atoms with Crippen molar-refractivity contribution in [3.8, 4) is 0 Å². The molecule has 0 aliphatic carbocycles. The average molecular weight is 659 g/mol. The van der Waals surface area contributed by atoms with Crippen molar-refractivity contribution in [3.63, 3.8) is 0 Å². The van der Waals surface area contributed by atoms with Gasteiger partial charge in [-0.2, -0.15) is 0 Å². The first-order valence-electron chi connectivity index (χ1n) is 12.9. The number of nitrogens with one attached hydrogen (secondary N) is 1. The maximum Gasteiger partial charge on any atom is 0.264 e. The molecule has 0 unspecified atom stereocenters. The summed E-state index contributed by atoms with van der Waals surface area (Å²) in [6, 6.07) is 14.5. The number of benzene rings is 3. The van der Waals surface area contributed by atoms with E-state index in [2.05, 4.69) is 5.32 Å². The van der Waals surface area contributed by atoms with E-state index in [4.69, 9.17) is 46.4 Å². The molecule has 0 heterocycles. The smallest absolute Gasteiger partial charge is 0.264 e. The van der Waals surface area contributed by atoms with Gasteiger partial charge in [-0.05, 0) is 67.8 Å². The Labute approximate surface area is 261 Å². The van der Waals surface area contributed by atoms with Crippen LogP contribution in [0.15, 0.2) is 65.6 Å². The van der Waals surface area contributed by atoms with Crippen LogP contribution in [-0.2, 0) is 26.2 Å². The zero-order chi connectivity index (χ0) is 30.3. The number of carbonyl (C=O) groups excluding carboxylic acids is 2. The van der Waals surface area contributed by atoms with E-state index in [1.54, 1.807) is 37.3 Å². The van der Waals surface area contributed by atoms with Crippen LogP contribution in [0, 0.1) is 6.92 Å². The fourth-order valence-electron chi connectivity index (χ4n) is 4.15. The summed E-state index contributed by atoms with van der Waals surface area (Å²) in [5, 5.41) is 3.87. The van der Waals surface area contributed by atoms with Gasteiger partial charge in [0.25, 0.3) is 10.0 Å². The molecule has 3 aromatic rings. The Morgan fingerprint density at radius 3 is 2.12 bits per heavy atom. The molecule has 0 aromatic heterocycles. The van der Waals surface area contributed by atoms with E-state index >= 15 is 0 Å². The van der Waals surface area contributed by atoms with Crippen LogP contribution < -0.4 is 9.62 Å². The van der Waals surface area contributed by atoms with Crippen molar-refractivity contribution in [3.05, 3.63) is 91.9 Å². The van der Waals surface area contributed by atoms with Crippen LogP contribution in [0.3, 0.4) is 0 Å². The summed E-state index contributed by atoms with van der Waals surface area (Å²) >= 11 is 25.2. The number of carbonyl (C=O) groups is 2. The predicted octanol–water partition coefficient (Wildman–Crippen LogP) is 7.14. The van der Waals surface area contributed by atoms with E-state index in [-0.39, 0.29) is 39.5 Å². The van der Waals surface area contributed by atoms with Crippen LogP contribution in [0.5, 0.6) is 0 Å². The van der Waals surface area contributed by atoms with Crippen molar-refractivity contribution >= 4 is 73.9 Å². The number of hydrogen-bond acceptors (Lipinski definition) is 4. The number of hydrogen-bond donors (Lipinski definition) is 1. The lowest BCUT2D eigenvalue weighted by atomic mass is 10.1. The number of anilines is 1. The van der Waals surface area contributed by atoms with Gasteiger partial charge < -0.3 is 10.2 Å². The molecular weight excluding hydrogens is 628 g/mol. The van der Waals surface area contributed by atoms with Crippen LogP contribution in [0.25, 0.3) is 0 Å². The van der Waals surface area contributed by atoms with Crippen LogP contribution in [0.1, 0.15) is 37.8 Å². The summed E-state index contributed by atoms with van der Waals surface area (Å²) < 4.78 is 28.9. The number of halogens is 4. The normalized spacial score (nSPS) is 12.1. The maximum absolute atomic E-state index is 14.1. The summed E-state index contributed by atoms with van der Waals surface area (Å²) in [5.41, 5.74) is 1.43. The molecule has 0 spiro atoms. The van der Waals surface area contributed by atoms with E-state index in [1.807, 2.05) is 13.8 Å². The molecule has 2 amide bonds. The van der Waals surface area contributed by atoms with Gasteiger partial charge in [0.2, 0.25) is 11.8 Å². The van der Waals surface area contributed by atoms with Crippen LogP contribution in [-0.4, -0.2) is 44.3 Å². The fourth-order valence-corrected chi connectivity index (χ4v) is 6.48. The Bertz CT molecular complexity index is 1500. The minimum Gasteiger partial charge on any atom is -0.354 e. The second-order valence-electron chi connectivity index (χ2n) is 9.39. The molecule has 0 aliphatic heterocycles. The molecule has 0 fully saturated rings. The van der Waals surface area contributed by atoms with E-state index in [1.165, 1.54) is 35.2 Å². The molecule has 0 radical (unpaired) electrons. The van der Waals surface area contributed by atoms with E-state index in [0.29, 0.717) is 28.6 Å². The van der Waals surface area contributed by atoms with Gasteiger partial charge in [0.15, 0.2) is 0 Å². The summed E-state index contributed by atoms with van der Waals surface area (Å²) in [6.45, 7) is 5.23. The third-order valence-electron chi connectivity index (χ3n) is 6.36. The molecule has 3 rings (SSSR count). The first kappa shape index (κ1) is 33.0. The largest absolute Gasteiger partial charge is 0.354 e. The molecule has 1 N–H and O–H groups in total. The van der Waals surface area contributed by atoms with E-state index in [0.717, 1.165) is 9.87 Å². The third kappa shape index (κ3) is 8.30. The Morgan fingerprint density at radius 1 is 0.878 bits per heavy atom. The molecule has 0 saturated heterocycles. The van der Waals surface area contributed by atoms with Crippen molar-refractivity contribution in [2.45, 2.75) is 51.1 Å². The highest BCUT2D eigenvalue weighted by Gasteiger charge is 2.34. The van der Waals surface area contributed by atoms with Crippen molar-refractivity contribution in [2.24, 2.45) is 0 Å². The lowest BCUT2D eigenvalue weighted by molar-refractivity contribution is -0.140. The highest BCUT2D eigenvalue weighted by Crippen LogP contribution is 2.33. The average Bonchev–Trinajstić information content (AvgIpc) is 2.93. The Balaban J connectivity index is 2.11. The second kappa shape index (κ2) is 14.6. The molecule has 3 aromatic carbocycles. The van der Waals surface area contributed by atoms with E-state index in [9.17, 15) is 18.0 Å². The van der Waals surface area contributed by atoms with Crippen LogP contribution in [0.2, 0.25) is 20.1 Å². The summed E-state index contributed by atoms with van der Waals surface area (Å²) in [7, 11) is -4.29. The van der Waals surface area contributed by atoms with Gasteiger partial charge >= 0.3 is 0 Å². The van der Waals surface area contributed by atoms with Crippen molar-refractivity contribution in [2.75, 3.05) is 17.4 Å². The lowest BCUT2D eigenvalue weighted by Gasteiger charge is -2.33. The van der Waals surface area contributed by atoms with Crippen LogP contribution >= 0.6 is 46.4 Å². The van der Waals surface area contributed by atoms with Crippen molar-refractivity contribution in [1.82, 2.24) is 10.2 Å². The lowest BCUT2D eigenvalue weighted by Crippen LogP contribution is -2.52. The van der Waals surface area contributed by atoms with Gasteiger partial charge in [-0.3, -0.25) is 13.9 Å². The van der Waals surface area contributed by atoms with E-state index < -0.39 is 28.5 Å². The molecule has 1 atom stereocenters. The third-order valence-corrected chi connectivity index (χ3v) is 9.27. The van der Waals surface area contributed by atoms with Gasteiger partial charge in [-0.15, -0.1) is 0 Å². The molecule has 7 nitrogen and oxygen atoms in total. The summed E-state index contributed by atoms with van der Waals surface area (Å²) in [6.07, 6.45) is 0.976. The van der Waals surface area contributed by atoms with Gasteiger partial charge in [0.1, 0.15) is 12.6 Å². The molecule has 41 heavy (non-hydrogen) atoms. The van der Waals surface area contributed by atoms with Crippen LogP contribution in [0.4, 0.5) is 5.69 Å². The van der Waals surface area contributed by atoms with Gasteiger partial charge in [-0.25, -0.2) is 8.42 Å². The first-order chi connectivity index (χ1) is 19.4. The molecule has 220 valence electrons. The minimum atomic E-state index is -4.29. The van der Waals surface area contributed by atoms with Gasteiger partial charge in [0.05, 0.1) is 15.6 Å². The molecule has 0 saturated carbocycles. The zero-order valence-electron chi connectivity index (χ0n) is 22.8. The monoisotopic (exact) mass is 657 g/mol. The SMILES string of the molecule is CCCNC(=O)[C@H](CC)N(Cc1ccc(Cl)cc1Cl)C(=O)CN(c1cc(Cl)ccc1Cl)S(=O)(=O)c1ccc(C)cc1. The molecular formula is C29H31Cl4N3O4S. The standard InChI is InChI=1S/C29H31Cl4N3O4S/c1-4-14-34-29(38)26(5-2)35(17-20-8-9-21(30)15-25(20)33)28(37)18-36(27-16-22(31)10-13-24(27)32)41(39,40)23-11-6-19(3)7-12-23/h6-13,15-16,26H,4-5,14,17-18H2,1-3H3,(H,34,38)/t26-/m0/s1. The van der Waals surface area contributed by atoms with Gasteiger partial charge in [0, 0.05) is 28.2 Å². The number of aryl methyl sites for hydroxylation is 1. The summed E-state index contributed by atoms with van der Waals surface area (Å²) in [5.74, 6) is -0.997. The number of amides is 2. The molecule has 0 bridgehead atoms. The minimum absolute atomic E-state index is 0.0287. The fraction of sp³-hybridized carbons (Fsp3) is 0.310. The number of rotatable bonds is 12. The number of sulfonamides is 1. The second-order valence-corrected chi connectivity index (χ2v) is 12.9. The number of nitrogens with zero attached hydrogens (tertiary/aromatic N) is 2. The topological polar surface area (TPSA) is 86.8 Å². The zero-order valence-corrected chi connectivity index (χ0v) is 26.7. The summed E-state index contributed by atoms with van der Waals surface area (Å²) in [4.78, 5) is 28.6. The first-order valence-corrected chi connectivity index (χ1v) is 15.9. The highest BCUT2D eigenvalue weighted by molar-refractivity contribution is 7.92. The van der Waals surface area contributed by atoms with Crippen molar-refractivity contribution < 1.29 is 18.0 Å². The Kier molecular flexibility index (Phi) is 11.8. The molecule has 12 heteroatoms. The quantitative estimate of drug-likeness (QED) is 0.224. The van der Waals surface area contributed by atoms with Gasteiger partial charge in [-0.1, -0.05) is 84.0 Å². The highest BCUT2D eigenvalue weighted by atomic mass is 35.5. The Morgan fingerprint density at radius 2 is 1.51 bits per heavy atom. The van der Waals surface area contributed by atoms with Crippen molar-refractivity contribution in [1.29, 1.82) is 0 Å². The molecule has 0 aliphatic rings. The maximum atomic E-state index is 14.1. The Hall–Kier alpha value is -2.49. The predicted molar refractivity (Wildman–Crippen MR) is 167 cm³/mol.